The summed E-state index contributed by atoms with van der Waals surface area (Å²) >= 11 is 1.52. The molecule has 0 aliphatic rings. The third-order valence-corrected chi connectivity index (χ3v) is 7.61. The summed E-state index contributed by atoms with van der Waals surface area (Å²) in [6.07, 6.45) is -0.819. The Morgan fingerprint density at radius 3 is 2.33 bits per heavy atom. The Kier molecular flexibility index (Phi) is 9.66. The van der Waals surface area contributed by atoms with E-state index in [0.717, 1.165) is 30.2 Å². The van der Waals surface area contributed by atoms with Crippen molar-refractivity contribution >= 4 is 28.7 Å². The topological polar surface area (TPSA) is 56.5 Å². The van der Waals surface area contributed by atoms with E-state index in [1.165, 1.54) is 23.9 Å². The van der Waals surface area contributed by atoms with Gasteiger partial charge in [0.1, 0.15) is 11.2 Å². The molecule has 0 aliphatic heterocycles. The van der Waals surface area contributed by atoms with Crippen molar-refractivity contribution in [3.8, 4) is 11.1 Å². The molecule has 216 valence electrons. The molecular weight excluding hydrogens is 537 g/mol. The summed E-state index contributed by atoms with van der Waals surface area (Å²) in [6, 6.07) is 10.9. The van der Waals surface area contributed by atoms with E-state index >= 15 is 0 Å². The van der Waals surface area contributed by atoms with Gasteiger partial charge in [0.25, 0.3) is 0 Å². The number of halogens is 3. The van der Waals surface area contributed by atoms with Crippen molar-refractivity contribution in [2.24, 2.45) is 0 Å². The van der Waals surface area contributed by atoms with Crippen molar-refractivity contribution in [2.45, 2.75) is 95.1 Å². The number of ether oxygens (including phenoxy) is 1. The van der Waals surface area contributed by atoms with Crippen molar-refractivity contribution < 1.29 is 27.1 Å². The number of unbranched alkanes of at least 4 members (excludes halogenated alkanes) is 2. The van der Waals surface area contributed by atoms with Gasteiger partial charge in [0.05, 0.1) is 11.1 Å². The van der Waals surface area contributed by atoms with Gasteiger partial charge in [0, 0.05) is 32.6 Å². The van der Waals surface area contributed by atoms with Gasteiger partial charge in [-0.1, -0.05) is 58.4 Å². The molecule has 8 heteroatoms. The molecule has 0 spiro atoms. The van der Waals surface area contributed by atoms with Crippen LogP contribution in [0.1, 0.15) is 78.4 Å². The summed E-state index contributed by atoms with van der Waals surface area (Å²) in [6.45, 7) is 15.0. The molecule has 0 atom stereocenters. The first-order valence-corrected chi connectivity index (χ1v) is 14.2. The highest BCUT2D eigenvalue weighted by Crippen LogP contribution is 2.41. The number of esters is 1. The minimum atomic E-state index is -4.62. The van der Waals surface area contributed by atoms with E-state index in [-0.39, 0.29) is 21.5 Å². The second-order valence-electron chi connectivity index (χ2n) is 11.5. The highest BCUT2D eigenvalue weighted by Gasteiger charge is 2.35. The highest BCUT2D eigenvalue weighted by molar-refractivity contribution is 8.00. The summed E-state index contributed by atoms with van der Waals surface area (Å²) in [5, 5.41) is 0.521. The molecule has 0 unspecified atom stereocenters. The van der Waals surface area contributed by atoms with E-state index in [9.17, 15) is 22.8 Å². The van der Waals surface area contributed by atoms with Crippen molar-refractivity contribution in [1.29, 1.82) is 0 Å². The quantitative estimate of drug-likeness (QED) is 0.0751. The van der Waals surface area contributed by atoms with Gasteiger partial charge in [-0.15, -0.1) is 11.8 Å². The Balaban J connectivity index is 1.91. The van der Waals surface area contributed by atoms with Crippen LogP contribution < -0.4 is 5.63 Å². The normalized spacial score (nSPS) is 12.5. The molecule has 0 N–H and O–H groups in total. The maximum Gasteiger partial charge on any atom is 0.417 e. The number of carbonyl (C=O) groups is 1. The molecule has 2 aromatic carbocycles. The number of aryl methyl sites for hydroxylation is 1. The lowest BCUT2D eigenvalue weighted by molar-refractivity contribution is -0.152. The second kappa shape index (κ2) is 12.2. The summed E-state index contributed by atoms with van der Waals surface area (Å²) in [7, 11) is 0. The molecule has 0 saturated carbocycles. The number of rotatable bonds is 11. The van der Waals surface area contributed by atoms with Gasteiger partial charge < -0.3 is 9.15 Å². The van der Waals surface area contributed by atoms with Gasteiger partial charge in [-0.3, -0.25) is 0 Å². The van der Waals surface area contributed by atoms with Crippen LogP contribution in [-0.2, 0) is 22.1 Å². The molecule has 0 fully saturated rings. The van der Waals surface area contributed by atoms with Crippen LogP contribution in [0.3, 0.4) is 0 Å². The number of thioether (sulfide) groups is 1. The number of hydrogen-bond donors (Lipinski definition) is 0. The van der Waals surface area contributed by atoms with E-state index < -0.39 is 28.9 Å². The van der Waals surface area contributed by atoms with Crippen molar-refractivity contribution in [2.75, 3.05) is 0 Å². The first-order chi connectivity index (χ1) is 18.5. The largest absolute Gasteiger partial charge is 0.456 e. The fraction of sp³-hybridized carbons (Fsp3) is 0.438. The first-order valence-electron chi connectivity index (χ1n) is 13.4. The average molecular weight is 575 g/mol. The van der Waals surface area contributed by atoms with Crippen LogP contribution in [0.5, 0.6) is 0 Å². The molecule has 0 radical (unpaired) electrons. The fourth-order valence-corrected chi connectivity index (χ4v) is 6.25. The highest BCUT2D eigenvalue weighted by atomic mass is 32.2. The van der Waals surface area contributed by atoms with Crippen LogP contribution in [0, 0.1) is 0 Å². The van der Waals surface area contributed by atoms with E-state index in [4.69, 9.17) is 9.15 Å². The molecule has 0 bridgehead atoms. The average Bonchev–Trinajstić information content (AvgIpc) is 2.82. The third kappa shape index (κ3) is 8.26. The lowest BCUT2D eigenvalue weighted by atomic mass is 9.95. The van der Waals surface area contributed by atoms with Crippen LogP contribution in [0.15, 0.2) is 68.7 Å². The van der Waals surface area contributed by atoms with Crippen LogP contribution >= 0.6 is 11.8 Å². The van der Waals surface area contributed by atoms with Crippen LogP contribution in [0.25, 0.3) is 22.1 Å². The number of alkyl halides is 3. The van der Waals surface area contributed by atoms with Crippen LogP contribution in [0.2, 0.25) is 0 Å². The standard InChI is InChI=1S/C32H37F3O4S/c1-8-9-10-11-21-12-15-24(26(16-21)32(33,34)35)25-17-22-13-14-23(18-27(22)38-29(25)37)40-31(6,7)19-30(4,5)39-28(36)20(2)3/h12-18H,2,8-11,19H2,1,3-7H3. The Morgan fingerprint density at radius 1 is 1.00 bits per heavy atom. The minimum absolute atomic E-state index is 0.123. The Labute approximate surface area is 238 Å². The SMILES string of the molecule is C=C(C)C(=O)OC(C)(C)CC(C)(C)Sc1ccc2cc(-c3ccc(CCCCC)cc3C(F)(F)F)c(=O)oc2c1. The summed E-state index contributed by atoms with van der Waals surface area (Å²) < 4.78 is 52.8. The summed E-state index contributed by atoms with van der Waals surface area (Å²) in [5.74, 6) is -0.450. The van der Waals surface area contributed by atoms with Crippen LogP contribution in [-0.4, -0.2) is 16.3 Å². The van der Waals surface area contributed by atoms with E-state index in [1.54, 1.807) is 25.1 Å². The van der Waals surface area contributed by atoms with Crippen molar-refractivity contribution in [3.05, 3.63) is 76.2 Å². The third-order valence-electron chi connectivity index (χ3n) is 6.42. The van der Waals surface area contributed by atoms with Gasteiger partial charge >= 0.3 is 17.8 Å². The molecule has 0 saturated heterocycles. The maximum atomic E-state index is 14.0. The number of hydrogen-bond acceptors (Lipinski definition) is 5. The lowest BCUT2D eigenvalue weighted by Gasteiger charge is -2.34. The maximum absolute atomic E-state index is 14.0. The lowest BCUT2D eigenvalue weighted by Crippen LogP contribution is -2.35. The van der Waals surface area contributed by atoms with Gasteiger partial charge in [-0.2, -0.15) is 13.2 Å². The molecule has 40 heavy (non-hydrogen) atoms. The zero-order chi connectivity index (χ0) is 29.9. The smallest absolute Gasteiger partial charge is 0.417 e. The zero-order valence-corrected chi connectivity index (χ0v) is 24.8. The van der Waals surface area contributed by atoms with E-state index in [1.807, 2.05) is 40.7 Å². The molecule has 1 aromatic heterocycles. The Morgan fingerprint density at radius 2 is 1.70 bits per heavy atom. The first kappa shape index (κ1) is 31.5. The molecule has 3 rings (SSSR count). The predicted octanol–water partition coefficient (Wildman–Crippen LogP) is 9.37. The molecule has 1 heterocycles. The van der Waals surface area contributed by atoms with Gasteiger partial charge in [-0.25, -0.2) is 9.59 Å². The second-order valence-corrected chi connectivity index (χ2v) is 13.2. The predicted molar refractivity (Wildman–Crippen MR) is 156 cm³/mol. The molecule has 0 amide bonds. The number of fused-ring (bicyclic) bond motifs is 1. The fourth-order valence-electron chi connectivity index (χ4n) is 4.89. The summed E-state index contributed by atoms with van der Waals surface area (Å²) in [5.41, 5.74) is -1.51. The molecule has 0 aliphatic carbocycles. The van der Waals surface area contributed by atoms with E-state index in [2.05, 4.69) is 6.58 Å². The van der Waals surface area contributed by atoms with Crippen molar-refractivity contribution in [1.82, 2.24) is 0 Å². The molecule has 3 aromatic rings. The monoisotopic (exact) mass is 574 g/mol. The van der Waals surface area contributed by atoms with Gasteiger partial charge in [0.2, 0.25) is 0 Å². The van der Waals surface area contributed by atoms with Gasteiger partial charge in [-0.05, 0) is 63.4 Å². The zero-order valence-electron chi connectivity index (χ0n) is 24.0. The molecule has 4 nitrogen and oxygen atoms in total. The minimum Gasteiger partial charge on any atom is -0.456 e. The summed E-state index contributed by atoms with van der Waals surface area (Å²) in [4.78, 5) is 25.8. The molecular formula is C32H37F3O4S. The Bertz CT molecular complexity index is 1450. The van der Waals surface area contributed by atoms with E-state index in [0.29, 0.717) is 29.4 Å². The number of carbonyl (C=O) groups excluding carboxylic acids is 1. The van der Waals surface area contributed by atoms with Crippen LogP contribution in [0.4, 0.5) is 13.2 Å². The Hall–Kier alpha value is -3.00. The van der Waals surface area contributed by atoms with Crippen molar-refractivity contribution in [3.63, 3.8) is 0 Å². The number of benzene rings is 2. The van der Waals surface area contributed by atoms with Gasteiger partial charge in [0.15, 0.2) is 0 Å².